The Kier molecular flexibility index (Phi) is 3.24. The van der Waals surface area contributed by atoms with Gasteiger partial charge in [-0.25, -0.2) is 0 Å². The Morgan fingerprint density at radius 3 is 2.71 bits per heavy atom. The maximum atomic E-state index is 12.4. The third kappa shape index (κ3) is 2.56. The number of rotatable bonds is 2. The molecule has 14 heavy (non-hydrogen) atoms. The molecule has 76 valence electrons. The van der Waals surface area contributed by atoms with Crippen LogP contribution in [0, 0.1) is 0 Å². The number of hydrogen-bond donors (Lipinski definition) is 1. The van der Waals surface area contributed by atoms with Crippen LogP contribution in [0.2, 0.25) is 0 Å². The van der Waals surface area contributed by atoms with E-state index in [0.717, 1.165) is 18.5 Å². The minimum absolute atomic E-state index is 0.0328. The molecule has 0 unspecified atom stereocenters. The number of alkyl halides is 3. The highest BCUT2D eigenvalue weighted by Crippen LogP contribution is 2.31. The molecule has 1 aromatic heterocycles. The molecule has 2 nitrogen and oxygen atoms in total. The predicted octanol–water partition coefficient (Wildman–Crippen LogP) is 2.07. The second-order valence-electron chi connectivity index (χ2n) is 2.60. The third-order valence-electron chi connectivity index (χ3n) is 1.59. The van der Waals surface area contributed by atoms with Crippen molar-refractivity contribution in [2.24, 2.45) is 5.73 Å². The highest BCUT2D eigenvalue weighted by atomic mass is 19.4. The van der Waals surface area contributed by atoms with Gasteiger partial charge in [-0.05, 0) is 6.07 Å². The van der Waals surface area contributed by atoms with Gasteiger partial charge in [0.2, 0.25) is 0 Å². The van der Waals surface area contributed by atoms with E-state index in [1.165, 1.54) is 12.2 Å². The molecular formula is C9H9F3N2. The Labute approximate surface area is 79.3 Å². The molecule has 0 saturated heterocycles. The molecule has 1 aromatic rings. The zero-order valence-corrected chi connectivity index (χ0v) is 7.25. The molecular weight excluding hydrogens is 193 g/mol. The van der Waals surface area contributed by atoms with E-state index >= 15 is 0 Å². The fraction of sp³-hybridized carbons (Fsp3) is 0.222. The van der Waals surface area contributed by atoms with Gasteiger partial charge in [-0.15, -0.1) is 0 Å². The SMILES string of the molecule is NC/C=C/c1cnccc1C(F)(F)F. The molecule has 0 aliphatic heterocycles. The van der Waals surface area contributed by atoms with E-state index in [4.69, 9.17) is 5.73 Å². The maximum Gasteiger partial charge on any atom is 0.417 e. The summed E-state index contributed by atoms with van der Waals surface area (Å²) in [5.41, 5.74) is 4.48. The van der Waals surface area contributed by atoms with Crippen LogP contribution in [0.3, 0.4) is 0 Å². The quantitative estimate of drug-likeness (QED) is 0.797. The third-order valence-corrected chi connectivity index (χ3v) is 1.59. The Bertz CT molecular complexity index is 331. The first-order valence-electron chi connectivity index (χ1n) is 3.93. The van der Waals surface area contributed by atoms with Crippen molar-refractivity contribution < 1.29 is 13.2 Å². The number of aromatic nitrogens is 1. The molecule has 0 amide bonds. The first-order valence-corrected chi connectivity index (χ1v) is 3.93. The first kappa shape index (κ1) is 10.7. The van der Waals surface area contributed by atoms with Crippen LogP contribution in [-0.4, -0.2) is 11.5 Å². The highest BCUT2D eigenvalue weighted by molar-refractivity contribution is 5.53. The molecule has 0 radical (unpaired) electrons. The Morgan fingerprint density at radius 2 is 2.14 bits per heavy atom. The number of halogens is 3. The summed E-state index contributed by atoms with van der Waals surface area (Å²) < 4.78 is 37.1. The predicted molar refractivity (Wildman–Crippen MR) is 47.3 cm³/mol. The van der Waals surface area contributed by atoms with Crippen molar-refractivity contribution in [1.29, 1.82) is 0 Å². The first-order chi connectivity index (χ1) is 6.55. The Morgan fingerprint density at radius 1 is 1.43 bits per heavy atom. The summed E-state index contributed by atoms with van der Waals surface area (Å²) in [5.74, 6) is 0. The van der Waals surface area contributed by atoms with E-state index in [2.05, 4.69) is 4.98 Å². The van der Waals surface area contributed by atoms with Crippen LogP contribution in [-0.2, 0) is 6.18 Å². The number of pyridine rings is 1. The molecule has 0 fully saturated rings. The van der Waals surface area contributed by atoms with E-state index in [0.29, 0.717) is 0 Å². The highest BCUT2D eigenvalue weighted by Gasteiger charge is 2.32. The summed E-state index contributed by atoms with van der Waals surface area (Å²) in [6, 6.07) is 0.941. The average molecular weight is 202 g/mol. The van der Waals surface area contributed by atoms with Gasteiger partial charge in [0.05, 0.1) is 5.56 Å². The average Bonchev–Trinajstić information content (AvgIpc) is 2.14. The van der Waals surface area contributed by atoms with Gasteiger partial charge in [-0.1, -0.05) is 12.2 Å². The Hall–Kier alpha value is -1.36. The fourth-order valence-electron chi connectivity index (χ4n) is 0.993. The largest absolute Gasteiger partial charge is 0.417 e. The molecule has 0 saturated carbocycles. The number of nitrogens with zero attached hydrogens (tertiary/aromatic N) is 1. The van der Waals surface area contributed by atoms with Crippen molar-refractivity contribution in [2.75, 3.05) is 6.54 Å². The van der Waals surface area contributed by atoms with Gasteiger partial charge in [0.25, 0.3) is 0 Å². The minimum atomic E-state index is -4.35. The molecule has 0 bridgehead atoms. The van der Waals surface area contributed by atoms with E-state index in [1.807, 2.05) is 0 Å². The van der Waals surface area contributed by atoms with E-state index < -0.39 is 11.7 Å². The summed E-state index contributed by atoms with van der Waals surface area (Å²) >= 11 is 0. The fourth-order valence-corrected chi connectivity index (χ4v) is 0.993. The lowest BCUT2D eigenvalue weighted by atomic mass is 10.1. The van der Waals surface area contributed by atoms with E-state index in [1.54, 1.807) is 0 Å². The monoisotopic (exact) mass is 202 g/mol. The van der Waals surface area contributed by atoms with Gasteiger partial charge in [0, 0.05) is 24.5 Å². The van der Waals surface area contributed by atoms with Crippen LogP contribution in [0.15, 0.2) is 24.5 Å². The van der Waals surface area contributed by atoms with Crippen molar-refractivity contribution in [3.63, 3.8) is 0 Å². The van der Waals surface area contributed by atoms with Crippen LogP contribution < -0.4 is 5.73 Å². The lowest BCUT2D eigenvalue weighted by molar-refractivity contribution is -0.137. The molecule has 0 atom stereocenters. The normalized spacial score (nSPS) is 12.3. The van der Waals surface area contributed by atoms with Gasteiger partial charge in [-0.2, -0.15) is 13.2 Å². The van der Waals surface area contributed by atoms with Crippen molar-refractivity contribution in [3.05, 3.63) is 35.7 Å². The molecule has 2 N–H and O–H groups in total. The number of nitrogens with two attached hydrogens (primary N) is 1. The standard InChI is InChI=1S/C9H9F3N2/c10-9(11,12)8-3-5-14-6-7(8)2-1-4-13/h1-3,5-6H,4,13H2/b2-1+. The zero-order valence-electron chi connectivity index (χ0n) is 7.25. The molecule has 1 rings (SSSR count). The summed E-state index contributed by atoms with van der Waals surface area (Å²) in [5, 5.41) is 0. The summed E-state index contributed by atoms with van der Waals surface area (Å²) in [4.78, 5) is 3.62. The molecule has 0 aromatic carbocycles. The van der Waals surface area contributed by atoms with Gasteiger partial charge >= 0.3 is 6.18 Å². The van der Waals surface area contributed by atoms with Gasteiger partial charge in [-0.3, -0.25) is 4.98 Å². The molecule has 0 spiro atoms. The van der Waals surface area contributed by atoms with Gasteiger partial charge in [0.1, 0.15) is 0 Å². The van der Waals surface area contributed by atoms with Crippen LogP contribution in [0.4, 0.5) is 13.2 Å². The molecule has 5 heteroatoms. The zero-order chi connectivity index (χ0) is 10.6. The second kappa shape index (κ2) is 4.23. The van der Waals surface area contributed by atoms with E-state index in [-0.39, 0.29) is 12.1 Å². The second-order valence-corrected chi connectivity index (χ2v) is 2.60. The lowest BCUT2D eigenvalue weighted by Crippen LogP contribution is -2.07. The topological polar surface area (TPSA) is 38.9 Å². The van der Waals surface area contributed by atoms with E-state index in [9.17, 15) is 13.2 Å². The van der Waals surface area contributed by atoms with Crippen LogP contribution in [0.5, 0.6) is 0 Å². The number of hydrogen-bond acceptors (Lipinski definition) is 2. The van der Waals surface area contributed by atoms with Crippen molar-refractivity contribution in [2.45, 2.75) is 6.18 Å². The van der Waals surface area contributed by atoms with Crippen molar-refractivity contribution in [1.82, 2.24) is 4.98 Å². The van der Waals surface area contributed by atoms with Crippen molar-refractivity contribution >= 4 is 6.08 Å². The maximum absolute atomic E-state index is 12.4. The molecule has 0 aliphatic carbocycles. The summed E-state index contributed by atoms with van der Waals surface area (Å²) in [7, 11) is 0. The summed E-state index contributed by atoms with van der Waals surface area (Å²) in [6.07, 6.45) is 0.691. The lowest BCUT2D eigenvalue weighted by Gasteiger charge is -2.08. The van der Waals surface area contributed by atoms with Gasteiger partial charge in [0.15, 0.2) is 0 Å². The molecule has 1 heterocycles. The molecule has 0 aliphatic rings. The summed E-state index contributed by atoms with van der Waals surface area (Å²) in [6.45, 7) is 0.201. The minimum Gasteiger partial charge on any atom is -0.327 e. The van der Waals surface area contributed by atoms with Crippen molar-refractivity contribution in [3.8, 4) is 0 Å². The van der Waals surface area contributed by atoms with Crippen LogP contribution >= 0.6 is 0 Å². The Balaban J connectivity index is 3.10. The smallest absolute Gasteiger partial charge is 0.327 e. The van der Waals surface area contributed by atoms with Crippen LogP contribution in [0.1, 0.15) is 11.1 Å². The van der Waals surface area contributed by atoms with Gasteiger partial charge < -0.3 is 5.73 Å². The van der Waals surface area contributed by atoms with Crippen LogP contribution in [0.25, 0.3) is 6.08 Å².